The molecular weight excluding hydrogens is 290 g/mol. The molecule has 0 aromatic carbocycles. The fourth-order valence-corrected chi connectivity index (χ4v) is 4.22. The minimum absolute atomic E-state index is 0.660. The third-order valence-corrected chi connectivity index (χ3v) is 5.62. The topological polar surface area (TPSA) is 19.4 Å². The van der Waals surface area contributed by atoms with Crippen molar-refractivity contribution >= 4 is 28.6 Å². The van der Waals surface area contributed by atoms with E-state index in [9.17, 15) is 0 Å². The molecule has 0 bridgehead atoms. The van der Waals surface area contributed by atoms with Gasteiger partial charge < -0.3 is 4.90 Å². The molecule has 0 unspecified atom stereocenters. The summed E-state index contributed by atoms with van der Waals surface area (Å²) >= 11 is 8.10. The van der Waals surface area contributed by atoms with Crippen LogP contribution in [0.2, 0.25) is 5.02 Å². The van der Waals surface area contributed by atoms with Crippen molar-refractivity contribution in [2.75, 3.05) is 24.5 Å². The molecule has 0 amide bonds. The third kappa shape index (κ3) is 2.12. The second-order valence-electron chi connectivity index (χ2n) is 5.48. The molecule has 3 nitrogen and oxygen atoms in total. The van der Waals surface area contributed by atoms with E-state index in [1.54, 1.807) is 11.1 Å². The van der Waals surface area contributed by atoms with Gasteiger partial charge in [-0.2, -0.15) is 0 Å². The Bertz CT molecular complexity index is 621. The molecule has 20 heavy (non-hydrogen) atoms. The average Bonchev–Trinajstić information content (AvgIpc) is 2.87. The summed E-state index contributed by atoms with van der Waals surface area (Å²) in [4.78, 5) is 10.6. The Morgan fingerprint density at radius 1 is 1.30 bits per heavy atom. The van der Waals surface area contributed by atoms with Crippen molar-refractivity contribution in [1.29, 1.82) is 0 Å². The van der Waals surface area contributed by atoms with E-state index in [4.69, 9.17) is 11.6 Å². The second kappa shape index (κ2) is 5.02. The predicted octanol–water partition coefficient (Wildman–Crippen LogP) is 3.04. The van der Waals surface area contributed by atoms with Gasteiger partial charge in [0.25, 0.3) is 0 Å². The van der Waals surface area contributed by atoms with Gasteiger partial charge in [0.1, 0.15) is 0 Å². The first-order valence-corrected chi connectivity index (χ1v) is 8.21. The highest BCUT2D eigenvalue weighted by Gasteiger charge is 2.34. The van der Waals surface area contributed by atoms with Gasteiger partial charge in [-0.15, -0.1) is 11.3 Å². The molecule has 2 aliphatic heterocycles. The van der Waals surface area contributed by atoms with E-state index in [0.29, 0.717) is 6.04 Å². The standard InChI is InChI=1S/C15H16ClN3S/c16-13-7-17-4-1-14(13)19-9-12(10-19)18-5-2-15-11(8-18)3-6-20-15/h1,3-4,6-7,12H,2,5,8-10H2. The number of hydrogen-bond acceptors (Lipinski definition) is 4. The molecular formula is C15H16ClN3S. The summed E-state index contributed by atoms with van der Waals surface area (Å²) in [7, 11) is 0. The smallest absolute Gasteiger partial charge is 0.0822 e. The quantitative estimate of drug-likeness (QED) is 0.850. The number of aromatic nitrogens is 1. The normalized spacial score (nSPS) is 19.8. The van der Waals surface area contributed by atoms with Gasteiger partial charge >= 0.3 is 0 Å². The van der Waals surface area contributed by atoms with Crippen LogP contribution in [0.3, 0.4) is 0 Å². The summed E-state index contributed by atoms with van der Waals surface area (Å²) < 4.78 is 0. The first kappa shape index (κ1) is 12.6. The molecule has 5 heteroatoms. The van der Waals surface area contributed by atoms with Crippen molar-refractivity contribution in [3.05, 3.63) is 45.4 Å². The van der Waals surface area contributed by atoms with E-state index >= 15 is 0 Å². The number of thiophene rings is 1. The van der Waals surface area contributed by atoms with Gasteiger partial charge in [-0.1, -0.05) is 11.6 Å². The molecule has 0 spiro atoms. The predicted molar refractivity (Wildman–Crippen MR) is 83.7 cm³/mol. The summed E-state index contributed by atoms with van der Waals surface area (Å²) in [6, 6.07) is 4.95. The first-order chi connectivity index (χ1) is 9.81. The Morgan fingerprint density at radius 3 is 3.05 bits per heavy atom. The largest absolute Gasteiger partial charge is 0.367 e. The van der Waals surface area contributed by atoms with Gasteiger partial charge in [-0.05, 0) is 29.5 Å². The molecule has 0 saturated carbocycles. The van der Waals surface area contributed by atoms with Gasteiger partial charge in [-0.3, -0.25) is 9.88 Å². The van der Waals surface area contributed by atoms with E-state index in [0.717, 1.165) is 30.3 Å². The van der Waals surface area contributed by atoms with Crippen molar-refractivity contribution in [2.45, 2.75) is 19.0 Å². The summed E-state index contributed by atoms with van der Waals surface area (Å²) in [5, 5.41) is 2.97. The number of anilines is 1. The summed E-state index contributed by atoms with van der Waals surface area (Å²) in [5.74, 6) is 0. The number of halogens is 1. The monoisotopic (exact) mass is 305 g/mol. The van der Waals surface area contributed by atoms with Gasteiger partial charge in [0, 0.05) is 49.5 Å². The van der Waals surface area contributed by atoms with Crippen LogP contribution in [-0.2, 0) is 13.0 Å². The van der Waals surface area contributed by atoms with Crippen LogP contribution in [0.5, 0.6) is 0 Å². The Balaban J connectivity index is 1.41. The fourth-order valence-electron chi connectivity index (χ4n) is 3.09. The molecule has 104 valence electrons. The van der Waals surface area contributed by atoms with Gasteiger partial charge in [0.2, 0.25) is 0 Å². The van der Waals surface area contributed by atoms with Crippen LogP contribution >= 0.6 is 22.9 Å². The van der Waals surface area contributed by atoms with E-state index in [1.807, 2.05) is 23.6 Å². The van der Waals surface area contributed by atoms with Crippen LogP contribution in [-0.4, -0.2) is 35.6 Å². The molecule has 0 aliphatic carbocycles. The second-order valence-corrected chi connectivity index (χ2v) is 6.88. The highest BCUT2D eigenvalue weighted by Crippen LogP contribution is 2.32. The van der Waals surface area contributed by atoms with Crippen LogP contribution < -0.4 is 4.90 Å². The number of nitrogens with zero attached hydrogens (tertiary/aromatic N) is 3. The fraction of sp³-hybridized carbons (Fsp3) is 0.400. The molecule has 0 atom stereocenters. The Hall–Kier alpha value is -1.10. The minimum Gasteiger partial charge on any atom is -0.367 e. The molecule has 4 heterocycles. The van der Waals surface area contributed by atoms with Gasteiger partial charge in [0.15, 0.2) is 0 Å². The molecule has 1 saturated heterocycles. The molecule has 0 N–H and O–H groups in total. The molecule has 2 aromatic heterocycles. The first-order valence-electron chi connectivity index (χ1n) is 6.95. The lowest BCUT2D eigenvalue weighted by Gasteiger charge is -2.48. The lowest BCUT2D eigenvalue weighted by Crippen LogP contribution is -2.60. The van der Waals surface area contributed by atoms with Crippen molar-refractivity contribution in [2.24, 2.45) is 0 Å². The molecule has 1 fully saturated rings. The maximum atomic E-state index is 6.20. The summed E-state index contributed by atoms with van der Waals surface area (Å²) in [5.41, 5.74) is 2.65. The summed E-state index contributed by atoms with van der Waals surface area (Å²) in [6.45, 7) is 4.45. The number of fused-ring (bicyclic) bond motifs is 1. The van der Waals surface area contributed by atoms with Crippen LogP contribution in [0.1, 0.15) is 10.4 Å². The van der Waals surface area contributed by atoms with Crippen LogP contribution in [0, 0.1) is 0 Å². The van der Waals surface area contributed by atoms with Gasteiger partial charge in [0.05, 0.1) is 10.7 Å². The van der Waals surface area contributed by atoms with E-state index in [1.165, 1.54) is 18.5 Å². The zero-order chi connectivity index (χ0) is 13.5. The van der Waals surface area contributed by atoms with Crippen molar-refractivity contribution in [3.8, 4) is 0 Å². The highest BCUT2D eigenvalue weighted by molar-refractivity contribution is 7.10. The highest BCUT2D eigenvalue weighted by atomic mass is 35.5. The molecule has 0 radical (unpaired) electrons. The Kier molecular flexibility index (Phi) is 3.17. The zero-order valence-electron chi connectivity index (χ0n) is 11.1. The Labute approximate surface area is 127 Å². The van der Waals surface area contributed by atoms with Crippen molar-refractivity contribution < 1.29 is 0 Å². The van der Waals surface area contributed by atoms with Crippen LogP contribution in [0.15, 0.2) is 29.9 Å². The minimum atomic E-state index is 0.660. The zero-order valence-corrected chi connectivity index (χ0v) is 12.7. The maximum Gasteiger partial charge on any atom is 0.0822 e. The molecule has 4 rings (SSSR count). The number of hydrogen-bond donors (Lipinski definition) is 0. The van der Waals surface area contributed by atoms with E-state index in [2.05, 4.69) is 26.2 Å². The van der Waals surface area contributed by atoms with Gasteiger partial charge in [-0.25, -0.2) is 0 Å². The third-order valence-electron chi connectivity index (χ3n) is 4.31. The van der Waals surface area contributed by atoms with Crippen LogP contribution in [0.25, 0.3) is 0 Å². The molecule has 2 aromatic rings. The molecule has 2 aliphatic rings. The lowest BCUT2D eigenvalue weighted by molar-refractivity contribution is 0.151. The number of pyridine rings is 1. The van der Waals surface area contributed by atoms with Crippen LogP contribution in [0.4, 0.5) is 5.69 Å². The lowest BCUT2D eigenvalue weighted by atomic mass is 10.0. The van der Waals surface area contributed by atoms with Crippen molar-refractivity contribution in [3.63, 3.8) is 0 Å². The summed E-state index contributed by atoms with van der Waals surface area (Å²) in [6.07, 6.45) is 4.75. The van der Waals surface area contributed by atoms with Crippen molar-refractivity contribution in [1.82, 2.24) is 9.88 Å². The van der Waals surface area contributed by atoms with E-state index in [-0.39, 0.29) is 0 Å². The van der Waals surface area contributed by atoms with E-state index < -0.39 is 0 Å². The Morgan fingerprint density at radius 2 is 2.20 bits per heavy atom. The SMILES string of the molecule is Clc1cnccc1N1CC(N2CCc3sccc3C2)C1. The average molecular weight is 306 g/mol. The number of rotatable bonds is 2. The maximum absolute atomic E-state index is 6.20.